The standard InChI is InChI=1S/C66H59BN2/c1-62(2,3)39-32-33-53(44(34-39)38-22-13-12-14-23-38)68-54-36-50-49(64(6,7)47-30-19-20-31-48(47)65(50,8)9)35-52(54)67-59-55(68)37-51-57(41-25-16-17-28-45(41)63(51,4)5)58(59)43-27-21-26-42-56-40-24-15-18-29-46(40)66(10,11)61(56)69(67)60(42)43/h12-37H,1-11H3. The average Bonchev–Trinajstić information content (AvgIpc) is 3.90. The monoisotopic (exact) mass is 890 g/mol. The molecule has 2 nitrogen and oxygen atoms in total. The normalized spacial score (nSPS) is 17.3. The fourth-order valence-corrected chi connectivity index (χ4v) is 14.4. The molecule has 9 aromatic rings. The van der Waals surface area contributed by atoms with Gasteiger partial charge in [-0.15, -0.1) is 0 Å². The van der Waals surface area contributed by atoms with E-state index in [1.165, 1.54) is 134 Å². The van der Waals surface area contributed by atoms with Crippen LogP contribution < -0.4 is 15.8 Å². The van der Waals surface area contributed by atoms with Crippen LogP contribution in [-0.2, 0) is 27.1 Å². The van der Waals surface area contributed by atoms with Gasteiger partial charge in [0.15, 0.2) is 0 Å². The van der Waals surface area contributed by atoms with Gasteiger partial charge in [-0.25, -0.2) is 0 Å². The maximum Gasteiger partial charge on any atom is 0.332 e. The minimum Gasteiger partial charge on any atom is -0.378 e. The SMILES string of the molecule is CC(C)(C)c1ccc(N2c3cc4c(cc3B3c5c2cc2c(c5-c5cccc6c7c(n3c56)C(C)(C)c3ccccc3-7)-c3ccccc3C2(C)C)C(C)(C)c2ccccc2C4(C)C)c(-c2ccccc2)c1. The molecule has 0 radical (unpaired) electrons. The highest BCUT2D eigenvalue weighted by molar-refractivity contribution is 6.90. The molecule has 3 heteroatoms. The third kappa shape index (κ3) is 4.99. The molecule has 0 saturated carbocycles. The van der Waals surface area contributed by atoms with Crippen molar-refractivity contribution in [2.45, 2.75) is 103 Å². The van der Waals surface area contributed by atoms with Crippen LogP contribution in [0.5, 0.6) is 0 Å². The molecule has 69 heavy (non-hydrogen) atoms. The van der Waals surface area contributed by atoms with Gasteiger partial charge in [0, 0.05) is 66.3 Å². The van der Waals surface area contributed by atoms with Gasteiger partial charge in [-0.3, -0.25) is 0 Å². The maximum absolute atomic E-state index is 2.86. The van der Waals surface area contributed by atoms with E-state index in [4.69, 9.17) is 0 Å². The second-order valence-corrected chi connectivity index (χ2v) is 24.1. The summed E-state index contributed by atoms with van der Waals surface area (Å²) in [7, 11) is 0. The fourth-order valence-electron chi connectivity index (χ4n) is 14.4. The predicted octanol–water partition coefficient (Wildman–Crippen LogP) is 15.6. The quantitative estimate of drug-likeness (QED) is 0.157. The highest BCUT2D eigenvalue weighted by Crippen LogP contribution is 2.61. The first-order valence-corrected chi connectivity index (χ1v) is 25.3. The van der Waals surface area contributed by atoms with Crippen LogP contribution in [0.15, 0.2) is 158 Å². The summed E-state index contributed by atoms with van der Waals surface area (Å²) in [6.45, 7) is 26.7. The molecule has 3 heterocycles. The van der Waals surface area contributed by atoms with E-state index in [-0.39, 0.29) is 33.9 Å². The van der Waals surface area contributed by atoms with Gasteiger partial charge in [0.2, 0.25) is 0 Å². The van der Waals surface area contributed by atoms with Gasteiger partial charge >= 0.3 is 6.85 Å². The molecule has 336 valence electrons. The van der Waals surface area contributed by atoms with E-state index in [9.17, 15) is 0 Å². The Morgan fingerprint density at radius 3 is 1.62 bits per heavy atom. The molecule has 0 saturated heterocycles. The van der Waals surface area contributed by atoms with Crippen molar-refractivity contribution in [3.8, 4) is 44.5 Å². The van der Waals surface area contributed by atoms with Gasteiger partial charge in [-0.05, 0) is 113 Å². The zero-order valence-corrected chi connectivity index (χ0v) is 42.0. The molecule has 14 rings (SSSR count). The lowest BCUT2D eigenvalue weighted by Crippen LogP contribution is -2.58. The number of rotatable bonds is 2. The fraction of sp³-hybridized carbons (Fsp3) is 0.242. The summed E-state index contributed by atoms with van der Waals surface area (Å²) in [6, 6.07) is 61.6. The van der Waals surface area contributed by atoms with Crippen LogP contribution in [0.2, 0.25) is 0 Å². The highest BCUT2D eigenvalue weighted by Gasteiger charge is 2.53. The maximum atomic E-state index is 2.86. The van der Waals surface area contributed by atoms with Crippen molar-refractivity contribution in [2.24, 2.45) is 0 Å². The van der Waals surface area contributed by atoms with Crippen molar-refractivity contribution in [1.29, 1.82) is 0 Å². The van der Waals surface area contributed by atoms with Gasteiger partial charge in [-0.1, -0.05) is 210 Å². The van der Waals surface area contributed by atoms with Crippen LogP contribution in [0.4, 0.5) is 17.1 Å². The third-order valence-corrected chi connectivity index (χ3v) is 17.9. The molecule has 0 spiro atoms. The molecule has 0 amide bonds. The molecule has 8 aromatic carbocycles. The summed E-state index contributed by atoms with van der Waals surface area (Å²) >= 11 is 0. The topological polar surface area (TPSA) is 8.17 Å². The molecule has 0 N–H and O–H groups in total. The van der Waals surface area contributed by atoms with E-state index in [0.717, 1.165) is 0 Å². The van der Waals surface area contributed by atoms with Crippen molar-refractivity contribution in [2.75, 3.05) is 4.90 Å². The van der Waals surface area contributed by atoms with E-state index >= 15 is 0 Å². The first-order chi connectivity index (χ1) is 32.9. The molecular formula is C66H59BN2. The van der Waals surface area contributed by atoms with Crippen molar-refractivity contribution in [3.05, 3.63) is 208 Å². The number of para-hydroxylation sites is 1. The Morgan fingerprint density at radius 1 is 0.406 bits per heavy atom. The molecular weight excluding hydrogens is 832 g/mol. The Labute approximate surface area is 408 Å². The second kappa shape index (κ2) is 13.1. The lowest BCUT2D eigenvalue weighted by molar-refractivity contribution is 0.521. The number of benzene rings is 8. The van der Waals surface area contributed by atoms with E-state index in [2.05, 4.69) is 243 Å². The number of aromatic nitrogens is 1. The summed E-state index contributed by atoms with van der Waals surface area (Å²) in [4.78, 5) is 2.73. The number of nitrogens with zero attached hydrogens (tertiary/aromatic N) is 2. The van der Waals surface area contributed by atoms with Gasteiger partial charge in [-0.2, -0.15) is 0 Å². The van der Waals surface area contributed by atoms with Gasteiger partial charge in [0.25, 0.3) is 0 Å². The second-order valence-electron chi connectivity index (χ2n) is 24.1. The smallest absolute Gasteiger partial charge is 0.332 e. The van der Waals surface area contributed by atoms with Crippen molar-refractivity contribution in [3.63, 3.8) is 0 Å². The van der Waals surface area contributed by atoms with Crippen LogP contribution in [0, 0.1) is 0 Å². The molecule has 0 fully saturated rings. The number of hydrogen-bond acceptors (Lipinski definition) is 1. The summed E-state index contributed by atoms with van der Waals surface area (Å²) < 4.78 is 2.86. The number of hydrogen-bond donors (Lipinski definition) is 0. The van der Waals surface area contributed by atoms with Crippen LogP contribution >= 0.6 is 0 Å². The Hall–Kier alpha value is -6.84. The van der Waals surface area contributed by atoms with Crippen LogP contribution in [0.25, 0.3) is 55.4 Å². The summed E-state index contributed by atoms with van der Waals surface area (Å²) in [6.07, 6.45) is 0. The Bertz CT molecular complexity index is 3770. The summed E-state index contributed by atoms with van der Waals surface area (Å²) in [5.41, 5.74) is 30.4. The van der Waals surface area contributed by atoms with Crippen LogP contribution in [0.1, 0.15) is 126 Å². The average molecular weight is 891 g/mol. The van der Waals surface area contributed by atoms with Crippen molar-refractivity contribution < 1.29 is 0 Å². The molecule has 5 aliphatic rings. The predicted molar refractivity (Wildman–Crippen MR) is 292 cm³/mol. The molecule has 0 bridgehead atoms. The van der Waals surface area contributed by atoms with E-state index < -0.39 is 0 Å². The van der Waals surface area contributed by atoms with Gasteiger partial charge in [0.1, 0.15) is 0 Å². The minimum absolute atomic E-state index is 0.0359. The van der Waals surface area contributed by atoms with Crippen molar-refractivity contribution in [1.82, 2.24) is 4.48 Å². The van der Waals surface area contributed by atoms with Gasteiger partial charge in [0.05, 0.1) is 5.69 Å². The largest absolute Gasteiger partial charge is 0.378 e. The zero-order valence-electron chi connectivity index (χ0n) is 42.0. The number of fused-ring (bicyclic) bond motifs is 15. The lowest BCUT2D eigenvalue weighted by atomic mass is 9.43. The minimum atomic E-state index is -0.238. The molecule has 3 aliphatic carbocycles. The van der Waals surface area contributed by atoms with E-state index in [1.807, 2.05) is 0 Å². The Kier molecular flexibility index (Phi) is 7.80. The lowest BCUT2D eigenvalue weighted by Gasteiger charge is -2.48. The van der Waals surface area contributed by atoms with E-state index in [1.54, 1.807) is 0 Å². The zero-order chi connectivity index (χ0) is 47.5. The molecule has 0 atom stereocenters. The van der Waals surface area contributed by atoms with E-state index in [0.29, 0.717) is 0 Å². The molecule has 0 unspecified atom stereocenters. The number of anilines is 3. The first-order valence-electron chi connectivity index (χ1n) is 25.3. The van der Waals surface area contributed by atoms with Gasteiger partial charge < -0.3 is 9.38 Å². The van der Waals surface area contributed by atoms with Crippen LogP contribution in [-0.4, -0.2) is 11.3 Å². The molecule has 1 aromatic heterocycles. The summed E-state index contributed by atoms with van der Waals surface area (Å²) in [5, 5.41) is 1.36. The third-order valence-electron chi connectivity index (χ3n) is 17.9. The summed E-state index contributed by atoms with van der Waals surface area (Å²) in [5.74, 6) is 0. The molecule has 2 aliphatic heterocycles. The Morgan fingerprint density at radius 2 is 0.957 bits per heavy atom. The van der Waals surface area contributed by atoms with Crippen LogP contribution in [0.3, 0.4) is 0 Å². The van der Waals surface area contributed by atoms with Crippen molar-refractivity contribution >= 4 is 45.7 Å². The Balaban J connectivity index is 1.20. The highest BCUT2D eigenvalue weighted by atomic mass is 15.2. The first kappa shape index (κ1) is 41.2.